The minimum absolute atomic E-state index is 0.222. The van der Waals surface area contributed by atoms with Gasteiger partial charge in [-0.3, -0.25) is 29.3 Å². The fraction of sp³-hybridized carbons (Fsp3) is 0.275. The molecule has 0 aliphatic carbocycles. The maximum absolute atomic E-state index is 13.4. The summed E-state index contributed by atoms with van der Waals surface area (Å²) >= 11 is 0. The third kappa shape index (κ3) is 6.41. The molecule has 2 saturated heterocycles. The summed E-state index contributed by atoms with van der Waals surface area (Å²) in [6.45, 7) is 9.44. The zero-order chi connectivity index (χ0) is 36.9. The Hall–Kier alpha value is -6.29. The highest BCUT2D eigenvalue weighted by atomic mass is 16.1. The van der Waals surface area contributed by atoms with Gasteiger partial charge in [0.1, 0.15) is 11.7 Å². The number of aliphatic imine (C=N–C) groups is 2. The van der Waals surface area contributed by atoms with Crippen LogP contribution in [0.25, 0.3) is 32.8 Å². The van der Waals surface area contributed by atoms with E-state index >= 15 is 0 Å². The Bertz CT molecular complexity index is 2620. The lowest BCUT2D eigenvalue weighted by Crippen LogP contribution is -2.48. The van der Waals surface area contributed by atoms with Crippen molar-refractivity contribution in [3.05, 3.63) is 105 Å². The molecule has 0 spiro atoms. The quantitative estimate of drug-likeness (QED) is 0.180. The predicted octanol–water partition coefficient (Wildman–Crippen LogP) is 3.77. The van der Waals surface area contributed by atoms with Crippen molar-refractivity contribution in [2.75, 3.05) is 81.0 Å². The van der Waals surface area contributed by atoms with Crippen LogP contribution < -0.4 is 26.7 Å². The number of nitrogens with zero attached hydrogens (tertiary/aromatic N) is 9. The maximum Gasteiger partial charge on any atom is 0.272 e. The molecule has 3 aromatic heterocycles. The number of benzene rings is 3. The van der Waals surface area contributed by atoms with Gasteiger partial charge in [-0.25, -0.2) is 20.2 Å². The number of hydrogen-bond acceptors (Lipinski definition) is 13. The second-order valence-electron chi connectivity index (χ2n) is 14.5. The van der Waals surface area contributed by atoms with Crippen molar-refractivity contribution in [3.63, 3.8) is 0 Å². The van der Waals surface area contributed by atoms with Crippen molar-refractivity contribution >= 4 is 61.9 Å². The van der Waals surface area contributed by atoms with Crippen LogP contribution in [0.1, 0.15) is 5.56 Å². The molecule has 0 unspecified atom stereocenters. The highest BCUT2D eigenvalue weighted by Gasteiger charge is 2.26. The number of pyridine rings is 1. The van der Waals surface area contributed by atoms with Gasteiger partial charge in [-0.05, 0) is 42.0 Å². The van der Waals surface area contributed by atoms with E-state index in [1.807, 2.05) is 36.5 Å². The average molecular weight is 734 g/mol. The van der Waals surface area contributed by atoms with Crippen LogP contribution in [-0.2, 0) is 6.54 Å². The van der Waals surface area contributed by atoms with E-state index in [-0.39, 0.29) is 11.1 Å². The molecular formula is C40H39N13O2. The van der Waals surface area contributed by atoms with E-state index in [4.69, 9.17) is 15.0 Å². The van der Waals surface area contributed by atoms with Gasteiger partial charge in [0.2, 0.25) is 0 Å². The molecular weight excluding hydrogens is 695 g/mol. The number of aromatic amines is 2. The molecule has 0 saturated carbocycles. The minimum atomic E-state index is -0.272. The van der Waals surface area contributed by atoms with Crippen LogP contribution in [0.2, 0.25) is 0 Å². The van der Waals surface area contributed by atoms with Crippen LogP contribution in [0.3, 0.4) is 0 Å². The molecule has 6 aromatic rings. The van der Waals surface area contributed by atoms with Crippen molar-refractivity contribution in [2.24, 2.45) is 9.98 Å². The van der Waals surface area contributed by atoms with Gasteiger partial charge in [0, 0.05) is 76.4 Å². The molecule has 4 aliphatic heterocycles. The summed E-state index contributed by atoms with van der Waals surface area (Å²) in [7, 11) is 0. The van der Waals surface area contributed by atoms with Gasteiger partial charge in [0.25, 0.3) is 11.1 Å². The van der Waals surface area contributed by atoms with Crippen molar-refractivity contribution in [1.82, 2.24) is 40.1 Å². The van der Waals surface area contributed by atoms with E-state index in [1.54, 1.807) is 6.07 Å². The third-order valence-electron chi connectivity index (χ3n) is 11.0. The number of aromatic nitrogens is 5. The number of nitrogens with one attached hydrogen (secondary N) is 4. The Kier molecular flexibility index (Phi) is 8.38. The maximum atomic E-state index is 13.4. The molecule has 0 amide bonds. The van der Waals surface area contributed by atoms with Gasteiger partial charge in [-0.15, -0.1) is 0 Å². The Balaban J connectivity index is 0.820. The smallest absolute Gasteiger partial charge is 0.272 e. The molecule has 0 radical (unpaired) electrons. The molecule has 4 N–H and O–H groups in total. The van der Waals surface area contributed by atoms with E-state index < -0.39 is 0 Å². The zero-order valence-electron chi connectivity index (χ0n) is 30.1. The molecule has 276 valence electrons. The Morgan fingerprint density at radius 1 is 0.582 bits per heavy atom. The topological polar surface area (TPSA) is 166 Å². The number of rotatable bonds is 8. The number of amidine groups is 2. The number of hydrogen-bond donors (Lipinski definition) is 4. The molecule has 2 fully saturated rings. The molecule has 3 aromatic carbocycles. The number of anilines is 3. The van der Waals surface area contributed by atoms with Gasteiger partial charge in [-0.1, -0.05) is 36.4 Å². The van der Waals surface area contributed by atoms with Crippen LogP contribution in [0.15, 0.2) is 98.6 Å². The Morgan fingerprint density at radius 3 is 1.95 bits per heavy atom. The standard InChI is InChI=1S/C40H39N13O2/c54-39-28-7-4-8-29-34(28)37(46-48-39)44-32(42-29)24-52-17-19-53(20-18-52)26-11-12-41-31(21-26)27-9-10-30-36-35(27)40(55)49-47-38(36)45-33(43-30)23-51-15-13-50(14-16-51)22-25-5-2-1-3-6-25/h1-12,21H,13-20,22-24H2,(H,48,54)(H,49,55)(H,42,44,46)(H,43,45,47). The van der Waals surface area contributed by atoms with Crippen LogP contribution in [0, 0.1) is 0 Å². The molecule has 55 heavy (non-hydrogen) atoms. The normalized spacial score (nSPS) is 17.5. The van der Waals surface area contributed by atoms with Crippen LogP contribution in [0.5, 0.6) is 0 Å². The average Bonchev–Trinajstić information content (AvgIpc) is 3.22. The van der Waals surface area contributed by atoms with Gasteiger partial charge in [0.05, 0.1) is 51.7 Å². The van der Waals surface area contributed by atoms with Gasteiger partial charge in [0.15, 0.2) is 11.6 Å². The summed E-state index contributed by atoms with van der Waals surface area (Å²) in [4.78, 5) is 49.6. The summed E-state index contributed by atoms with van der Waals surface area (Å²) in [5.41, 5.74) is 5.02. The van der Waals surface area contributed by atoms with Crippen molar-refractivity contribution < 1.29 is 0 Å². The summed E-state index contributed by atoms with van der Waals surface area (Å²) in [5.74, 6) is 2.65. The lowest BCUT2D eigenvalue weighted by Gasteiger charge is -2.36. The van der Waals surface area contributed by atoms with E-state index in [9.17, 15) is 9.59 Å². The molecule has 15 heteroatoms. The molecule has 0 bridgehead atoms. The first kappa shape index (κ1) is 33.3. The summed E-state index contributed by atoms with van der Waals surface area (Å²) in [6, 6.07) is 24.3. The summed E-state index contributed by atoms with van der Waals surface area (Å²) in [5, 5.41) is 23.3. The molecule has 0 atom stereocenters. The Labute approximate surface area is 315 Å². The highest BCUT2D eigenvalue weighted by molar-refractivity contribution is 6.16. The van der Waals surface area contributed by atoms with E-state index in [2.05, 4.69) is 87.0 Å². The van der Waals surface area contributed by atoms with E-state index in [0.717, 1.165) is 104 Å². The van der Waals surface area contributed by atoms with Crippen LogP contribution in [0.4, 0.5) is 28.7 Å². The minimum Gasteiger partial charge on any atom is -0.369 e. The first-order chi connectivity index (χ1) is 27.0. The first-order valence-corrected chi connectivity index (χ1v) is 18.7. The second-order valence-corrected chi connectivity index (χ2v) is 14.5. The fourth-order valence-electron chi connectivity index (χ4n) is 8.14. The molecule has 7 heterocycles. The van der Waals surface area contributed by atoms with Gasteiger partial charge >= 0.3 is 0 Å². The predicted molar refractivity (Wildman–Crippen MR) is 216 cm³/mol. The second kappa shape index (κ2) is 13.8. The molecule has 15 nitrogen and oxygen atoms in total. The van der Waals surface area contributed by atoms with Crippen LogP contribution >= 0.6 is 0 Å². The summed E-state index contributed by atoms with van der Waals surface area (Å²) < 4.78 is 0. The zero-order valence-corrected chi connectivity index (χ0v) is 30.1. The van der Waals surface area contributed by atoms with E-state index in [1.165, 1.54) is 5.56 Å². The summed E-state index contributed by atoms with van der Waals surface area (Å²) in [6.07, 6.45) is 1.81. The lowest BCUT2D eigenvalue weighted by molar-refractivity contribution is 0.140. The van der Waals surface area contributed by atoms with Crippen molar-refractivity contribution in [1.29, 1.82) is 0 Å². The third-order valence-corrected chi connectivity index (χ3v) is 11.0. The Morgan fingerprint density at radius 2 is 1.22 bits per heavy atom. The van der Waals surface area contributed by atoms with Gasteiger partial charge in [-0.2, -0.15) is 10.2 Å². The SMILES string of the molecule is O=c1[nH]nc2c3c(cccc13)NC(CN1CCN(c3ccnc(-c4ccc5c6c(n[nH]c(=O)c46)N=C(CN4CCN(Cc6ccccc6)CC4)N5)c3)CC1)=N2. The fourth-order valence-corrected chi connectivity index (χ4v) is 8.14. The monoisotopic (exact) mass is 733 g/mol. The van der Waals surface area contributed by atoms with E-state index in [0.29, 0.717) is 40.9 Å². The largest absolute Gasteiger partial charge is 0.369 e. The van der Waals surface area contributed by atoms with Crippen molar-refractivity contribution in [3.8, 4) is 11.3 Å². The number of H-pyrrole nitrogens is 2. The van der Waals surface area contributed by atoms with Crippen LogP contribution in [-0.4, -0.2) is 117 Å². The first-order valence-electron chi connectivity index (χ1n) is 18.7. The van der Waals surface area contributed by atoms with Gasteiger partial charge < -0.3 is 15.5 Å². The highest BCUT2D eigenvalue weighted by Crippen LogP contribution is 2.38. The lowest BCUT2D eigenvalue weighted by atomic mass is 10.0. The molecule has 4 aliphatic rings. The van der Waals surface area contributed by atoms with Crippen molar-refractivity contribution in [2.45, 2.75) is 6.54 Å². The molecule has 10 rings (SSSR count). The number of piperazine rings is 2.